The molecule has 136 valence electrons. The number of aliphatic imine (C=N–C) groups is 1. The minimum absolute atomic E-state index is 0. The van der Waals surface area contributed by atoms with Crippen LogP contribution < -0.4 is 20.7 Å². The molecular weight excluding hydrogens is 419 g/mol. The van der Waals surface area contributed by atoms with Gasteiger partial charge in [0.15, 0.2) is 5.96 Å². The number of nitrogens with one attached hydrogen (secondary N) is 3. The minimum Gasteiger partial charge on any atom is -0.496 e. The Morgan fingerprint density at radius 3 is 2.42 bits per heavy atom. The quantitative estimate of drug-likeness (QED) is 0.367. The van der Waals surface area contributed by atoms with Crippen molar-refractivity contribution in [1.29, 1.82) is 0 Å². The molecule has 6 nitrogen and oxygen atoms in total. The maximum atomic E-state index is 11.8. The summed E-state index contributed by atoms with van der Waals surface area (Å²) in [6.07, 6.45) is 0. The van der Waals surface area contributed by atoms with E-state index in [1.54, 1.807) is 14.2 Å². The Hall–Kier alpha value is -1.51. The van der Waals surface area contributed by atoms with Crippen LogP contribution in [0.5, 0.6) is 5.75 Å². The fraction of sp³-hybridized carbons (Fsp3) is 0.529. The fourth-order valence-electron chi connectivity index (χ4n) is 2.08. The molecule has 0 atom stereocenters. The van der Waals surface area contributed by atoms with Crippen LogP contribution in [0, 0.1) is 6.92 Å². The van der Waals surface area contributed by atoms with Crippen LogP contribution in [-0.4, -0.2) is 38.1 Å². The highest BCUT2D eigenvalue weighted by atomic mass is 127. The number of guanidine groups is 1. The first kappa shape index (κ1) is 22.5. The monoisotopic (exact) mass is 448 g/mol. The number of hydrogen-bond acceptors (Lipinski definition) is 3. The number of ether oxygens (including phenoxy) is 1. The van der Waals surface area contributed by atoms with Gasteiger partial charge in [0, 0.05) is 19.1 Å². The van der Waals surface area contributed by atoms with E-state index in [1.807, 2.05) is 39.8 Å². The van der Waals surface area contributed by atoms with Gasteiger partial charge in [-0.15, -0.1) is 24.0 Å². The predicted octanol–water partition coefficient (Wildman–Crippen LogP) is 2.20. The van der Waals surface area contributed by atoms with E-state index in [9.17, 15) is 4.79 Å². The van der Waals surface area contributed by atoms with Crippen LogP contribution in [0.4, 0.5) is 0 Å². The van der Waals surface area contributed by atoms with Gasteiger partial charge in [0.1, 0.15) is 5.75 Å². The Balaban J connectivity index is 0.00000529. The van der Waals surface area contributed by atoms with E-state index in [-0.39, 0.29) is 42.0 Å². The second-order valence-electron chi connectivity index (χ2n) is 6.38. The van der Waals surface area contributed by atoms with Crippen LogP contribution in [0.25, 0.3) is 0 Å². The molecule has 1 aromatic rings. The molecular formula is C17H29IN4O2. The summed E-state index contributed by atoms with van der Waals surface area (Å²) in [5.41, 5.74) is 1.96. The summed E-state index contributed by atoms with van der Waals surface area (Å²) in [4.78, 5) is 15.9. The van der Waals surface area contributed by atoms with Crippen molar-refractivity contribution in [3.63, 3.8) is 0 Å². The lowest BCUT2D eigenvalue weighted by Gasteiger charge is -2.21. The fourth-order valence-corrected chi connectivity index (χ4v) is 2.08. The molecule has 1 rings (SSSR count). The van der Waals surface area contributed by atoms with Crippen LogP contribution in [0.2, 0.25) is 0 Å². The molecule has 0 saturated heterocycles. The second-order valence-corrected chi connectivity index (χ2v) is 6.38. The molecule has 24 heavy (non-hydrogen) atoms. The van der Waals surface area contributed by atoms with E-state index in [1.165, 1.54) is 0 Å². The van der Waals surface area contributed by atoms with Crippen LogP contribution in [0.15, 0.2) is 23.2 Å². The molecule has 0 aliphatic carbocycles. The van der Waals surface area contributed by atoms with Crippen LogP contribution in [-0.2, 0) is 11.3 Å². The van der Waals surface area contributed by atoms with Gasteiger partial charge in [-0.25, -0.2) is 0 Å². The van der Waals surface area contributed by atoms with Crippen molar-refractivity contribution < 1.29 is 9.53 Å². The van der Waals surface area contributed by atoms with E-state index in [2.05, 4.69) is 27.0 Å². The zero-order valence-corrected chi connectivity index (χ0v) is 17.6. The first-order valence-electron chi connectivity index (χ1n) is 7.64. The molecule has 0 saturated carbocycles. The van der Waals surface area contributed by atoms with Crippen LogP contribution >= 0.6 is 24.0 Å². The molecule has 0 aliphatic heterocycles. The highest BCUT2D eigenvalue weighted by Crippen LogP contribution is 2.18. The van der Waals surface area contributed by atoms with Gasteiger partial charge in [-0.3, -0.25) is 9.79 Å². The lowest BCUT2D eigenvalue weighted by Crippen LogP contribution is -2.48. The summed E-state index contributed by atoms with van der Waals surface area (Å²) in [7, 11) is 3.34. The summed E-state index contributed by atoms with van der Waals surface area (Å²) in [5.74, 6) is 1.39. The van der Waals surface area contributed by atoms with E-state index in [0.717, 1.165) is 16.9 Å². The average Bonchev–Trinajstić information content (AvgIpc) is 2.45. The second kappa shape index (κ2) is 10.4. The van der Waals surface area contributed by atoms with E-state index < -0.39 is 0 Å². The van der Waals surface area contributed by atoms with E-state index in [4.69, 9.17) is 4.74 Å². The van der Waals surface area contributed by atoms with Crippen LogP contribution in [0.3, 0.4) is 0 Å². The highest BCUT2D eigenvalue weighted by molar-refractivity contribution is 14.0. The van der Waals surface area contributed by atoms with E-state index in [0.29, 0.717) is 12.5 Å². The topological polar surface area (TPSA) is 74.8 Å². The van der Waals surface area contributed by atoms with Gasteiger partial charge in [0.25, 0.3) is 0 Å². The third-order valence-electron chi connectivity index (χ3n) is 3.07. The van der Waals surface area contributed by atoms with Crippen molar-refractivity contribution in [2.75, 3.05) is 20.7 Å². The molecule has 0 spiro atoms. The molecule has 0 heterocycles. The Kier molecular flexibility index (Phi) is 9.72. The highest BCUT2D eigenvalue weighted by Gasteiger charge is 2.13. The molecule has 3 N–H and O–H groups in total. The Labute approximate surface area is 161 Å². The van der Waals surface area contributed by atoms with Gasteiger partial charge < -0.3 is 20.7 Å². The minimum atomic E-state index is -0.240. The number of carbonyl (C=O) groups excluding carboxylic acids is 1. The number of halogens is 1. The normalized spacial score (nSPS) is 11.3. The first-order chi connectivity index (χ1) is 10.7. The summed E-state index contributed by atoms with van der Waals surface area (Å²) in [6, 6.07) is 6.00. The average molecular weight is 448 g/mol. The summed E-state index contributed by atoms with van der Waals surface area (Å²) < 4.78 is 5.25. The number of nitrogens with zero attached hydrogens (tertiary/aromatic N) is 1. The van der Waals surface area contributed by atoms with Crippen molar-refractivity contribution in [2.24, 2.45) is 4.99 Å². The van der Waals surface area contributed by atoms with Crippen molar-refractivity contribution >= 4 is 35.8 Å². The maximum Gasteiger partial charge on any atom is 0.239 e. The number of amides is 1. The zero-order chi connectivity index (χ0) is 17.5. The molecule has 0 radical (unpaired) electrons. The van der Waals surface area contributed by atoms with Gasteiger partial charge in [0.05, 0.1) is 13.7 Å². The van der Waals surface area contributed by atoms with Crippen molar-refractivity contribution in [1.82, 2.24) is 16.0 Å². The predicted molar refractivity (Wildman–Crippen MR) is 109 cm³/mol. The van der Waals surface area contributed by atoms with Gasteiger partial charge in [0.2, 0.25) is 5.91 Å². The smallest absolute Gasteiger partial charge is 0.239 e. The third-order valence-corrected chi connectivity index (χ3v) is 3.07. The van der Waals surface area contributed by atoms with Crippen molar-refractivity contribution in [2.45, 2.75) is 39.8 Å². The van der Waals surface area contributed by atoms with Gasteiger partial charge in [-0.05, 0) is 44.9 Å². The maximum absolute atomic E-state index is 11.8. The number of methoxy groups -OCH3 is 1. The SMILES string of the molecule is CN=C(NCC(=O)NC(C)(C)C)NCc1ccc(OC)c(C)c1.I. The molecule has 1 aromatic carbocycles. The van der Waals surface area contributed by atoms with Gasteiger partial charge >= 0.3 is 0 Å². The lowest BCUT2D eigenvalue weighted by atomic mass is 10.1. The molecule has 0 aliphatic rings. The van der Waals surface area contributed by atoms with E-state index >= 15 is 0 Å². The standard InChI is InChI=1S/C17H28N4O2.HI/c1-12-9-13(7-8-14(12)23-6)10-19-16(18-5)20-11-15(22)21-17(2,3)4;/h7-9H,10-11H2,1-6H3,(H,21,22)(H2,18,19,20);1H. The summed E-state index contributed by atoms with van der Waals surface area (Å²) in [6.45, 7) is 8.65. The summed E-state index contributed by atoms with van der Waals surface area (Å²) >= 11 is 0. The molecule has 0 fully saturated rings. The van der Waals surface area contributed by atoms with Gasteiger partial charge in [-0.2, -0.15) is 0 Å². The number of hydrogen-bond donors (Lipinski definition) is 3. The third kappa shape index (κ3) is 8.37. The van der Waals surface area contributed by atoms with Crippen molar-refractivity contribution in [3.8, 4) is 5.75 Å². The van der Waals surface area contributed by atoms with Crippen LogP contribution in [0.1, 0.15) is 31.9 Å². The number of benzene rings is 1. The lowest BCUT2D eigenvalue weighted by molar-refractivity contribution is -0.121. The largest absolute Gasteiger partial charge is 0.496 e. The van der Waals surface area contributed by atoms with Crippen molar-refractivity contribution in [3.05, 3.63) is 29.3 Å². The first-order valence-corrected chi connectivity index (χ1v) is 7.64. The Morgan fingerprint density at radius 1 is 1.25 bits per heavy atom. The molecule has 7 heteroatoms. The number of rotatable bonds is 5. The number of carbonyl (C=O) groups is 1. The molecule has 1 amide bonds. The summed E-state index contributed by atoms with van der Waals surface area (Å²) in [5, 5.41) is 9.08. The zero-order valence-electron chi connectivity index (χ0n) is 15.3. The Morgan fingerprint density at radius 2 is 1.92 bits per heavy atom. The molecule has 0 bridgehead atoms. The molecule has 0 aromatic heterocycles. The molecule has 0 unspecified atom stereocenters. The van der Waals surface area contributed by atoms with Gasteiger partial charge in [-0.1, -0.05) is 12.1 Å². The Bertz CT molecular complexity index is 568. The number of aryl methyl sites for hydroxylation is 1.